The maximum Gasteiger partial charge on any atom is 0.159 e. The molecule has 1 saturated heterocycles. The van der Waals surface area contributed by atoms with E-state index in [1.54, 1.807) is 17.4 Å². The maximum absolute atomic E-state index is 13.4. The molecule has 0 unspecified atom stereocenters. The van der Waals surface area contributed by atoms with Gasteiger partial charge in [-0.25, -0.2) is 13.8 Å². The zero-order chi connectivity index (χ0) is 14.8. The van der Waals surface area contributed by atoms with Crippen molar-refractivity contribution in [3.05, 3.63) is 51.5 Å². The van der Waals surface area contributed by atoms with E-state index in [1.165, 1.54) is 10.9 Å². The lowest BCUT2D eigenvalue weighted by Crippen LogP contribution is -2.31. The highest BCUT2D eigenvalue weighted by atomic mass is 32.1. The molecule has 1 aliphatic heterocycles. The molecule has 1 fully saturated rings. The lowest BCUT2D eigenvalue weighted by molar-refractivity contribution is 0.0981. The molecular weight excluding hydrogens is 294 g/mol. The molecule has 0 saturated carbocycles. The van der Waals surface area contributed by atoms with Crippen LogP contribution in [0.1, 0.15) is 28.7 Å². The van der Waals surface area contributed by atoms with E-state index in [1.807, 2.05) is 12.4 Å². The lowest BCUT2D eigenvalue weighted by atomic mass is 10.0. The van der Waals surface area contributed by atoms with Crippen molar-refractivity contribution >= 4 is 11.3 Å². The summed E-state index contributed by atoms with van der Waals surface area (Å²) in [4.78, 5) is 5.40. The third-order valence-corrected chi connectivity index (χ3v) is 4.67. The molecular formula is C15H16F2N2OS. The SMILES string of the molecule is Cc1ncsc1CN[C@@H]1CCO[C@H]1c1ccc(F)c(F)c1. The summed E-state index contributed by atoms with van der Waals surface area (Å²) in [5.74, 6) is -1.67. The van der Waals surface area contributed by atoms with Gasteiger partial charge in [0.2, 0.25) is 0 Å². The maximum atomic E-state index is 13.4. The molecule has 1 aliphatic rings. The highest BCUT2D eigenvalue weighted by molar-refractivity contribution is 7.09. The average molecular weight is 310 g/mol. The summed E-state index contributed by atoms with van der Waals surface area (Å²) in [5, 5.41) is 3.44. The fraction of sp³-hybridized carbons (Fsp3) is 0.400. The summed E-state index contributed by atoms with van der Waals surface area (Å²) in [6, 6.07) is 4.05. The van der Waals surface area contributed by atoms with Gasteiger partial charge in [-0.1, -0.05) is 6.07 Å². The van der Waals surface area contributed by atoms with E-state index in [4.69, 9.17) is 4.74 Å². The Morgan fingerprint density at radius 3 is 2.95 bits per heavy atom. The molecule has 0 bridgehead atoms. The molecule has 112 valence electrons. The van der Waals surface area contributed by atoms with Crippen LogP contribution in [-0.2, 0) is 11.3 Å². The van der Waals surface area contributed by atoms with E-state index >= 15 is 0 Å². The molecule has 2 atom stereocenters. The van der Waals surface area contributed by atoms with Gasteiger partial charge in [-0.3, -0.25) is 0 Å². The smallest absolute Gasteiger partial charge is 0.159 e. The molecule has 0 spiro atoms. The van der Waals surface area contributed by atoms with Gasteiger partial charge in [-0.15, -0.1) is 11.3 Å². The Kier molecular flexibility index (Phi) is 4.28. The molecule has 1 aromatic heterocycles. The Bertz CT molecular complexity index is 632. The Hall–Kier alpha value is -1.37. The van der Waals surface area contributed by atoms with Crippen LogP contribution >= 0.6 is 11.3 Å². The Morgan fingerprint density at radius 1 is 1.38 bits per heavy atom. The lowest BCUT2D eigenvalue weighted by Gasteiger charge is -2.20. The minimum absolute atomic E-state index is 0.0939. The molecule has 3 nitrogen and oxygen atoms in total. The summed E-state index contributed by atoms with van der Waals surface area (Å²) in [5.41, 5.74) is 3.52. The van der Waals surface area contributed by atoms with Gasteiger partial charge in [-0.05, 0) is 31.0 Å². The Labute approximate surface area is 126 Å². The van der Waals surface area contributed by atoms with Gasteiger partial charge in [-0.2, -0.15) is 0 Å². The summed E-state index contributed by atoms with van der Waals surface area (Å²) in [6.45, 7) is 3.30. The predicted octanol–water partition coefficient (Wildman–Crippen LogP) is 3.35. The monoisotopic (exact) mass is 310 g/mol. The number of halogens is 2. The number of aromatic nitrogens is 1. The van der Waals surface area contributed by atoms with Gasteiger partial charge in [0.15, 0.2) is 11.6 Å². The van der Waals surface area contributed by atoms with Crippen molar-refractivity contribution in [3.8, 4) is 0 Å². The van der Waals surface area contributed by atoms with Crippen molar-refractivity contribution in [2.24, 2.45) is 0 Å². The van der Waals surface area contributed by atoms with E-state index in [-0.39, 0.29) is 12.1 Å². The van der Waals surface area contributed by atoms with Crippen molar-refractivity contribution in [2.45, 2.75) is 32.0 Å². The van der Waals surface area contributed by atoms with E-state index in [2.05, 4.69) is 10.3 Å². The first-order valence-electron chi connectivity index (χ1n) is 6.84. The van der Waals surface area contributed by atoms with Crippen LogP contribution in [0.15, 0.2) is 23.7 Å². The van der Waals surface area contributed by atoms with E-state index < -0.39 is 11.6 Å². The van der Waals surface area contributed by atoms with Crippen LogP contribution in [0.2, 0.25) is 0 Å². The average Bonchev–Trinajstić information content (AvgIpc) is 3.08. The van der Waals surface area contributed by atoms with Gasteiger partial charge in [0.1, 0.15) is 0 Å². The second-order valence-electron chi connectivity index (χ2n) is 5.10. The van der Waals surface area contributed by atoms with Crippen LogP contribution in [0.5, 0.6) is 0 Å². The molecule has 0 aliphatic carbocycles. The number of rotatable bonds is 4. The minimum atomic E-state index is -0.833. The van der Waals surface area contributed by atoms with E-state index in [9.17, 15) is 8.78 Å². The molecule has 2 aromatic rings. The van der Waals surface area contributed by atoms with E-state index in [0.29, 0.717) is 18.7 Å². The molecule has 0 amide bonds. The van der Waals surface area contributed by atoms with Crippen LogP contribution in [0.3, 0.4) is 0 Å². The summed E-state index contributed by atoms with van der Waals surface area (Å²) in [7, 11) is 0. The van der Waals surface area contributed by atoms with Crippen molar-refractivity contribution in [2.75, 3.05) is 6.61 Å². The number of aryl methyl sites for hydroxylation is 1. The van der Waals surface area contributed by atoms with Crippen molar-refractivity contribution < 1.29 is 13.5 Å². The van der Waals surface area contributed by atoms with Crippen LogP contribution in [0.25, 0.3) is 0 Å². The number of hydrogen-bond donors (Lipinski definition) is 1. The summed E-state index contributed by atoms with van der Waals surface area (Å²) >= 11 is 1.61. The number of nitrogens with one attached hydrogen (secondary N) is 1. The zero-order valence-electron chi connectivity index (χ0n) is 11.6. The van der Waals surface area contributed by atoms with Crippen LogP contribution in [0, 0.1) is 18.6 Å². The molecule has 21 heavy (non-hydrogen) atoms. The molecule has 6 heteroatoms. The molecule has 0 radical (unpaired) electrons. The standard InChI is InChI=1S/C15H16F2N2OS/c1-9-14(21-8-19-9)7-18-13-4-5-20-15(13)10-2-3-11(16)12(17)6-10/h2-3,6,8,13,15,18H,4-5,7H2,1H3/t13-,15+/m1/s1. The van der Waals surface area contributed by atoms with Crippen LogP contribution in [-0.4, -0.2) is 17.6 Å². The van der Waals surface area contributed by atoms with Crippen molar-refractivity contribution in [3.63, 3.8) is 0 Å². The third-order valence-electron chi connectivity index (χ3n) is 3.73. The van der Waals surface area contributed by atoms with E-state index in [0.717, 1.165) is 18.2 Å². The number of benzene rings is 1. The van der Waals surface area contributed by atoms with Crippen LogP contribution < -0.4 is 5.32 Å². The zero-order valence-corrected chi connectivity index (χ0v) is 12.4. The Morgan fingerprint density at radius 2 is 2.24 bits per heavy atom. The molecule has 1 aromatic carbocycles. The van der Waals surface area contributed by atoms with Crippen molar-refractivity contribution in [1.29, 1.82) is 0 Å². The first-order valence-corrected chi connectivity index (χ1v) is 7.72. The molecule has 1 N–H and O–H groups in total. The molecule has 3 rings (SSSR count). The van der Waals surface area contributed by atoms with Gasteiger partial charge in [0.05, 0.1) is 17.3 Å². The predicted molar refractivity (Wildman–Crippen MR) is 77.1 cm³/mol. The quantitative estimate of drug-likeness (QED) is 0.940. The first-order chi connectivity index (χ1) is 10.1. The fourth-order valence-electron chi connectivity index (χ4n) is 2.54. The Balaban J connectivity index is 1.70. The topological polar surface area (TPSA) is 34.2 Å². The minimum Gasteiger partial charge on any atom is -0.372 e. The summed E-state index contributed by atoms with van der Waals surface area (Å²) < 4.78 is 32.1. The highest BCUT2D eigenvalue weighted by Gasteiger charge is 2.30. The van der Waals surface area contributed by atoms with Gasteiger partial charge in [0.25, 0.3) is 0 Å². The number of ether oxygens (including phenoxy) is 1. The first kappa shape index (κ1) is 14.6. The van der Waals surface area contributed by atoms with Crippen LogP contribution in [0.4, 0.5) is 8.78 Å². The highest BCUT2D eigenvalue weighted by Crippen LogP contribution is 2.30. The van der Waals surface area contributed by atoms with Gasteiger partial charge < -0.3 is 10.1 Å². The fourth-order valence-corrected chi connectivity index (χ4v) is 3.26. The van der Waals surface area contributed by atoms with Gasteiger partial charge in [0, 0.05) is 24.1 Å². The number of thiazole rings is 1. The largest absolute Gasteiger partial charge is 0.372 e. The second-order valence-corrected chi connectivity index (χ2v) is 6.04. The summed E-state index contributed by atoms with van der Waals surface area (Å²) in [6.07, 6.45) is 0.606. The molecule has 2 heterocycles. The number of nitrogens with zero attached hydrogens (tertiary/aromatic N) is 1. The number of hydrogen-bond acceptors (Lipinski definition) is 4. The van der Waals surface area contributed by atoms with Gasteiger partial charge >= 0.3 is 0 Å². The second kappa shape index (κ2) is 6.17. The van der Waals surface area contributed by atoms with Crippen molar-refractivity contribution in [1.82, 2.24) is 10.3 Å². The normalized spacial score (nSPS) is 21.9. The third kappa shape index (κ3) is 3.12.